The van der Waals surface area contributed by atoms with Crippen LogP contribution in [0.5, 0.6) is 23.0 Å². The standard InChI is InChI=1S/C64H56F4N4O4/c1-41(65)17-13-33-73-56-25-9-5-21-50(56)54-39-49-38-47-30-29-45(69-47)37-46-31-32-48(70-46)40-55-60(51-22-6-10-26-57(51)74-34-14-18-42(2)66)61(52-23-7-11-27-58(52)75-35-15-19-43(3)67)64(72-55)62(63(54)71-49)53-24-8-12-28-59(53)76-36-16-20-44(4)68/h5-12,17-32,37-40H,13-16,33-36H2,1-4H3. The van der Waals surface area contributed by atoms with Gasteiger partial charge in [0.25, 0.3) is 0 Å². The van der Waals surface area contributed by atoms with Crippen LogP contribution in [0.3, 0.4) is 0 Å². The maximum atomic E-state index is 14.1. The van der Waals surface area contributed by atoms with Crippen LogP contribution >= 0.6 is 0 Å². The van der Waals surface area contributed by atoms with E-state index in [0.29, 0.717) is 139 Å². The lowest BCUT2D eigenvalue weighted by atomic mass is 9.85. The largest absolute Gasteiger partial charge is 0.493 e. The van der Waals surface area contributed by atoms with Crippen LogP contribution in [-0.4, -0.2) is 49.3 Å². The minimum Gasteiger partial charge on any atom is -0.493 e. The molecular weight excluding hydrogens is 965 g/mol. The molecule has 5 aliphatic heterocycles. The topological polar surface area (TPSA) is 86.4 Å². The molecule has 9 rings (SSSR count). The maximum Gasteiger partial charge on any atom is 0.127 e. The summed E-state index contributed by atoms with van der Waals surface area (Å²) in [6.07, 6.45) is 22.7. The fraction of sp³-hybridized carbons (Fsp3) is 0.188. The number of fused-ring (bicyclic) bond motifs is 4. The maximum absolute atomic E-state index is 14.1. The summed E-state index contributed by atoms with van der Waals surface area (Å²) in [5.74, 6) is 0.811. The summed E-state index contributed by atoms with van der Waals surface area (Å²) in [6, 6.07) is 30.6. The smallest absolute Gasteiger partial charge is 0.127 e. The van der Waals surface area contributed by atoms with Gasteiger partial charge in [0, 0.05) is 70.2 Å². The van der Waals surface area contributed by atoms with Crippen LogP contribution < -0.4 is 18.9 Å². The normalized spacial score (nSPS) is 16.5. The average molecular weight is 1020 g/mol. The first-order valence-corrected chi connectivity index (χ1v) is 25.2. The summed E-state index contributed by atoms with van der Waals surface area (Å²) >= 11 is 0. The Morgan fingerprint density at radius 1 is 0.395 bits per heavy atom. The van der Waals surface area contributed by atoms with Gasteiger partial charge in [0.05, 0.1) is 95.4 Å². The molecule has 0 atom stereocenters. The van der Waals surface area contributed by atoms with Crippen molar-refractivity contribution in [3.05, 3.63) is 238 Å². The Kier molecular flexibility index (Phi) is 16.9. The molecule has 0 unspecified atom stereocenters. The van der Waals surface area contributed by atoms with Crippen LogP contribution in [0.25, 0.3) is 22.3 Å². The number of benzene rings is 4. The van der Waals surface area contributed by atoms with Crippen molar-refractivity contribution in [2.45, 2.75) is 53.4 Å². The fourth-order valence-corrected chi connectivity index (χ4v) is 9.05. The third kappa shape index (κ3) is 12.8. The Hall–Kier alpha value is -8.64. The van der Waals surface area contributed by atoms with Gasteiger partial charge in [0.15, 0.2) is 0 Å². The molecule has 0 amide bonds. The van der Waals surface area contributed by atoms with E-state index in [-0.39, 0.29) is 49.7 Å². The second kappa shape index (κ2) is 24.6. The van der Waals surface area contributed by atoms with Crippen LogP contribution in [0.2, 0.25) is 0 Å². The van der Waals surface area contributed by atoms with E-state index >= 15 is 0 Å². The molecule has 8 bridgehead atoms. The van der Waals surface area contributed by atoms with Crippen LogP contribution in [0.4, 0.5) is 17.6 Å². The number of halogens is 4. The van der Waals surface area contributed by atoms with E-state index in [1.807, 2.05) is 146 Å². The predicted molar refractivity (Wildman–Crippen MR) is 300 cm³/mol. The SMILES string of the molecule is CC(F)=CCCOc1ccccc1C1=CC2=CC3=NC(=CC4=NC(=CC5=NC(=C(c6ccccc6OCCC=C(C)F)C1=N2)C(c1ccccc1OCCC=C(C)F)=C5c1ccccc1OCCC=C(C)F)C=C4)C=C3. The molecule has 0 aromatic heterocycles. The Labute approximate surface area is 441 Å². The molecule has 76 heavy (non-hydrogen) atoms. The van der Waals surface area contributed by atoms with Gasteiger partial charge in [-0.05, 0) is 125 Å². The van der Waals surface area contributed by atoms with Crippen molar-refractivity contribution in [2.24, 2.45) is 20.0 Å². The van der Waals surface area contributed by atoms with Crippen LogP contribution in [0.1, 0.15) is 75.6 Å². The predicted octanol–water partition coefficient (Wildman–Crippen LogP) is 16.3. The Bertz CT molecular complexity index is 3440. The Morgan fingerprint density at radius 2 is 0.776 bits per heavy atom. The first kappa shape index (κ1) is 52.2. The third-order valence-electron chi connectivity index (χ3n) is 12.3. The van der Waals surface area contributed by atoms with E-state index < -0.39 is 0 Å². The number of nitrogens with zero attached hydrogens (tertiary/aromatic N) is 4. The molecule has 0 radical (unpaired) electrons. The van der Waals surface area contributed by atoms with E-state index in [0.717, 1.165) is 0 Å². The summed E-state index contributed by atoms with van der Waals surface area (Å²) in [5, 5.41) is 0. The van der Waals surface area contributed by atoms with E-state index in [9.17, 15) is 17.6 Å². The van der Waals surface area contributed by atoms with Gasteiger partial charge < -0.3 is 18.9 Å². The summed E-state index contributed by atoms with van der Waals surface area (Å²) in [7, 11) is 0. The first-order chi connectivity index (χ1) is 37.0. The molecule has 0 fully saturated rings. The zero-order chi connectivity index (χ0) is 53.0. The molecule has 0 saturated carbocycles. The summed E-state index contributed by atoms with van der Waals surface area (Å²) in [5.41, 5.74) is 9.97. The van der Waals surface area contributed by atoms with Crippen molar-refractivity contribution in [1.82, 2.24) is 0 Å². The third-order valence-corrected chi connectivity index (χ3v) is 12.3. The van der Waals surface area contributed by atoms with Crippen LogP contribution in [-0.2, 0) is 0 Å². The number of allylic oxidation sites excluding steroid dienone is 16. The highest BCUT2D eigenvalue weighted by Crippen LogP contribution is 2.51. The van der Waals surface area contributed by atoms with Gasteiger partial charge in [0.1, 0.15) is 23.0 Å². The van der Waals surface area contributed by atoms with Gasteiger partial charge in [0.2, 0.25) is 0 Å². The number of rotatable bonds is 20. The van der Waals surface area contributed by atoms with Crippen molar-refractivity contribution in [3.8, 4) is 23.0 Å². The Morgan fingerprint density at radius 3 is 1.24 bits per heavy atom. The Balaban J connectivity index is 1.40. The minimum absolute atomic E-state index is 0.152. The molecule has 5 heterocycles. The van der Waals surface area contributed by atoms with Gasteiger partial charge >= 0.3 is 0 Å². The van der Waals surface area contributed by atoms with E-state index in [1.165, 1.54) is 52.0 Å². The van der Waals surface area contributed by atoms with Crippen molar-refractivity contribution in [3.63, 3.8) is 0 Å². The fourth-order valence-electron chi connectivity index (χ4n) is 9.05. The highest BCUT2D eigenvalue weighted by atomic mass is 19.1. The summed E-state index contributed by atoms with van der Waals surface area (Å²) in [4.78, 5) is 21.2. The lowest BCUT2D eigenvalue weighted by molar-refractivity contribution is 0.322. The van der Waals surface area contributed by atoms with Gasteiger partial charge in [-0.15, -0.1) is 0 Å². The highest BCUT2D eigenvalue weighted by molar-refractivity contribution is 6.51. The van der Waals surface area contributed by atoms with Crippen LogP contribution in [0, 0.1) is 0 Å². The molecular formula is C64H56F4N4O4. The molecule has 0 saturated heterocycles. The van der Waals surface area contributed by atoms with Gasteiger partial charge in [-0.3, -0.25) is 0 Å². The molecule has 5 aliphatic rings. The lowest BCUT2D eigenvalue weighted by Gasteiger charge is -2.21. The van der Waals surface area contributed by atoms with Crippen molar-refractivity contribution < 1.29 is 36.5 Å². The first-order valence-electron chi connectivity index (χ1n) is 25.2. The molecule has 4 aromatic rings. The van der Waals surface area contributed by atoms with Crippen LogP contribution in [0.15, 0.2) is 236 Å². The van der Waals surface area contributed by atoms with E-state index in [2.05, 4.69) is 0 Å². The zero-order valence-corrected chi connectivity index (χ0v) is 42.8. The van der Waals surface area contributed by atoms with Gasteiger partial charge in [-0.1, -0.05) is 72.8 Å². The second-order valence-electron chi connectivity index (χ2n) is 18.1. The number of hydrogen-bond acceptors (Lipinski definition) is 8. The van der Waals surface area contributed by atoms with E-state index in [4.69, 9.17) is 38.9 Å². The number of para-hydroxylation sites is 4. The zero-order valence-electron chi connectivity index (χ0n) is 42.8. The second-order valence-corrected chi connectivity index (χ2v) is 18.1. The average Bonchev–Trinajstić information content (AvgIpc) is 4.29. The molecule has 12 heteroatoms. The highest BCUT2D eigenvalue weighted by Gasteiger charge is 2.36. The number of aliphatic imine (C=N–C) groups is 4. The van der Waals surface area contributed by atoms with Crippen molar-refractivity contribution in [2.75, 3.05) is 26.4 Å². The summed E-state index contributed by atoms with van der Waals surface area (Å²) in [6.45, 7) is 6.30. The van der Waals surface area contributed by atoms with E-state index in [1.54, 1.807) is 0 Å². The van der Waals surface area contributed by atoms with Crippen molar-refractivity contribution in [1.29, 1.82) is 0 Å². The molecule has 0 N–H and O–H groups in total. The molecule has 4 aromatic carbocycles. The monoisotopic (exact) mass is 1020 g/mol. The summed E-state index contributed by atoms with van der Waals surface area (Å²) < 4.78 is 82.4. The van der Waals surface area contributed by atoms with Crippen molar-refractivity contribution >= 4 is 45.1 Å². The van der Waals surface area contributed by atoms with Gasteiger partial charge in [-0.25, -0.2) is 37.5 Å². The molecule has 384 valence electrons. The lowest BCUT2D eigenvalue weighted by Crippen LogP contribution is -2.10. The quantitative estimate of drug-likeness (QED) is 0.0652. The molecule has 0 aliphatic carbocycles. The molecule has 8 nitrogen and oxygen atoms in total. The number of hydrogen-bond donors (Lipinski definition) is 0. The number of ether oxygens (including phenoxy) is 4. The van der Waals surface area contributed by atoms with Gasteiger partial charge in [-0.2, -0.15) is 0 Å². The minimum atomic E-state index is -0.317. The molecule has 0 spiro atoms.